The first-order chi connectivity index (χ1) is 9.15. The van der Waals surface area contributed by atoms with Crippen molar-refractivity contribution in [2.24, 2.45) is 0 Å². The minimum Gasteiger partial charge on any atom is -0.478 e. The number of carboxylic acids is 1. The lowest BCUT2D eigenvalue weighted by molar-refractivity contribution is 0.0699. The zero-order valence-corrected chi connectivity index (χ0v) is 10.4. The molecule has 0 fully saturated rings. The van der Waals surface area contributed by atoms with E-state index in [-0.39, 0.29) is 5.56 Å². The fourth-order valence-electron chi connectivity index (χ4n) is 1.93. The molecule has 0 aliphatic carbocycles. The number of hydrogen-bond donors (Lipinski definition) is 1. The van der Waals surface area contributed by atoms with Crippen LogP contribution < -0.4 is 0 Å². The third-order valence-corrected chi connectivity index (χ3v) is 3.01. The Labute approximate surface area is 113 Å². The Kier molecular flexibility index (Phi) is 2.72. The molecule has 0 bridgehead atoms. The number of furan rings is 1. The van der Waals surface area contributed by atoms with E-state index in [9.17, 15) is 9.90 Å². The van der Waals surface area contributed by atoms with Gasteiger partial charge in [0.15, 0.2) is 5.76 Å². The van der Waals surface area contributed by atoms with Crippen molar-refractivity contribution >= 4 is 28.5 Å². The zero-order valence-electron chi connectivity index (χ0n) is 9.63. The van der Waals surface area contributed by atoms with Crippen LogP contribution in [0.4, 0.5) is 0 Å². The van der Waals surface area contributed by atoms with E-state index in [4.69, 9.17) is 16.0 Å². The van der Waals surface area contributed by atoms with Crippen molar-refractivity contribution in [1.29, 1.82) is 0 Å². The van der Waals surface area contributed by atoms with Gasteiger partial charge in [0.2, 0.25) is 0 Å². The van der Waals surface area contributed by atoms with Crippen molar-refractivity contribution in [3.05, 3.63) is 53.2 Å². The highest BCUT2D eigenvalue weighted by Gasteiger charge is 2.14. The van der Waals surface area contributed by atoms with E-state index in [1.807, 2.05) is 0 Å². The van der Waals surface area contributed by atoms with E-state index < -0.39 is 5.97 Å². The Morgan fingerprint density at radius 1 is 1.26 bits per heavy atom. The molecule has 3 rings (SSSR count). The Balaban J connectivity index is 2.34. The van der Waals surface area contributed by atoms with Gasteiger partial charge in [-0.3, -0.25) is 0 Å². The molecule has 0 amide bonds. The van der Waals surface area contributed by atoms with Gasteiger partial charge in [-0.15, -0.1) is 0 Å². The van der Waals surface area contributed by atoms with Gasteiger partial charge < -0.3 is 9.52 Å². The molecule has 4 nitrogen and oxygen atoms in total. The summed E-state index contributed by atoms with van der Waals surface area (Å²) >= 11 is 5.90. The van der Waals surface area contributed by atoms with Gasteiger partial charge >= 0.3 is 5.97 Å². The largest absolute Gasteiger partial charge is 0.478 e. The van der Waals surface area contributed by atoms with Crippen LogP contribution in [0.25, 0.3) is 22.4 Å². The highest BCUT2D eigenvalue weighted by atomic mass is 35.5. The molecule has 1 aromatic carbocycles. The van der Waals surface area contributed by atoms with Gasteiger partial charge in [-0.05, 0) is 36.4 Å². The number of benzene rings is 1. The summed E-state index contributed by atoms with van der Waals surface area (Å²) in [7, 11) is 0. The van der Waals surface area contributed by atoms with Crippen LogP contribution in [0.3, 0.4) is 0 Å². The van der Waals surface area contributed by atoms with E-state index >= 15 is 0 Å². The number of fused-ring (bicyclic) bond motifs is 1. The number of rotatable bonds is 2. The Morgan fingerprint density at radius 2 is 2.11 bits per heavy atom. The summed E-state index contributed by atoms with van der Waals surface area (Å²) in [4.78, 5) is 15.7. The second-order valence-electron chi connectivity index (χ2n) is 4.00. The van der Waals surface area contributed by atoms with Gasteiger partial charge in [0.05, 0.1) is 17.3 Å². The van der Waals surface area contributed by atoms with Crippen LogP contribution in [0.1, 0.15) is 10.4 Å². The molecule has 0 spiro atoms. The molecule has 1 N–H and O–H groups in total. The molecule has 5 heteroatoms. The normalized spacial score (nSPS) is 10.8. The lowest BCUT2D eigenvalue weighted by atomic mass is 10.1. The topological polar surface area (TPSA) is 63.3 Å². The minimum absolute atomic E-state index is 0.152. The van der Waals surface area contributed by atoms with Crippen molar-refractivity contribution in [2.45, 2.75) is 0 Å². The van der Waals surface area contributed by atoms with Crippen molar-refractivity contribution < 1.29 is 14.3 Å². The Morgan fingerprint density at radius 3 is 2.79 bits per heavy atom. The predicted octanol–water partition coefficient (Wildman–Crippen LogP) is 3.85. The molecule has 2 aromatic heterocycles. The van der Waals surface area contributed by atoms with Crippen LogP contribution in [0.2, 0.25) is 5.02 Å². The SMILES string of the molecule is O=C(O)c1cc(-c2ccco2)nc2ccc(Cl)cc12. The standard InChI is InChI=1S/C14H8ClNO3/c15-8-3-4-11-9(6-8)10(14(17)18)7-12(16-11)13-2-1-5-19-13/h1-7H,(H,17,18). The van der Waals surface area contributed by atoms with Gasteiger partial charge in [0.25, 0.3) is 0 Å². The molecule has 0 saturated carbocycles. The number of carboxylic acid groups (broad SMARTS) is 1. The molecule has 3 aromatic rings. The van der Waals surface area contributed by atoms with E-state index in [0.717, 1.165) is 0 Å². The van der Waals surface area contributed by atoms with Crippen molar-refractivity contribution in [3.8, 4) is 11.5 Å². The maximum atomic E-state index is 11.3. The summed E-state index contributed by atoms with van der Waals surface area (Å²) in [5.74, 6) is -0.498. The molecule has 0 aliphatic rings. The molecule has 0 unspecified atom stereocenters. The maximum absolute atomic E-state index is 11.3. The van der Waals surface area contributed by atoms with Crippen LogP contribution in [-0.2, 0) is 0 Å². The summed E-state index contributed by atoms with van der Waals surface area (Å²) in [6.45, 7) is 0. The first-order valence-corrected chi connectivity index (χ1v) is 5.90. The summed E-state index contributed by atoms with van der Waals surface area (Å²) < 4.78 is 5.25. The van der Waals surface area contributed by atoms with Gasteiger partial charge in [0.1, 0.15) is 5.69 Å². The van der Waals surface area contributed by atoms with E-state index in [0.29, 0.717) is 27.4 Å². The lowest BCUT2D eigenvalue weighted by Crippen LogP contribution is -2.00. The van der Waals surface area contributed by atoms with E-state index in [1.165, 1.54) is 12.3 Å². The molecule has 2 heterocycles. The second-order valence-corrected chi connectivity index (χ2v) is 4.44. The van der Waals surface area contributed by atoms with Gasteiger partial charge in [-0.1, -0.05) is 11.6 Å². The third kappa shape index (κ3) is 2.06. The first-order valence-electron chi connectivity index (χ1n) is 5.52. The molecule has 19 heavy (non-hydrogen) atoms. The smallest absolute Gasteiger partial charge is 0.336 e. The molecule has 0 atom stereocenters. The van der Waals surface area contributed by atoms with Crippen LogP contribution in [0, 0.1) is 0 Å². The van der Waals surface area contributed by atoms with Gasteiger partial charge in [-0.2, -0.15) is 0 Å². The quantitative estimate of drug-likeness (QED) is 0.770. The number of pyridine rings is 1. The number of carbonyl (C=O) groups is 1. The molecular formula is C14H8ClNO3. The molecule has 0 radical (unpaired) electrons. The maximum Gasteiger partial charge on any atom is 0.336 e. The average Bonchev–Trinajstić information content (AvgIpc) is 2.91. The van der Waals surface area contributed by atoms with Gasteiger partial charge in [0, 0.05) is 10.4 Å². The highest BCUT2D eigenvalue weighted by molar-refractivity contribution is 6.31. The minimum atomic E-state index is -1.03. The van der Waals surface area contributed by atoms with Crippen LogP contribution in [0.15, 0.2) is 47.1 Å². The fourth-order valence-corrected chi connectivity index (χ4v) is 2.10. The summed E-state index contributed by atoms with van der Waals surface area (Å²) in [6, 6.07) is 9.91. The number of aromatic nitrogens is 1. The summed E-state index contributed by atoms with van der Waals surface area (Å²) in [6.07, 6.45) is 1.52. The van der Waals surface area contributed by atoms with Crippen LogP contribution in [0.5, 0.6) is 0 Å². The highest BCUT2D eigenvalue weighted by Crippen LogP contribution is 2.27. The fraction of sp³-hybridized carbons (Fsp3) is 0. The van der Waals surface area contributed by atoms with E-state index in [2.05, 4.69) is 4.98 Å². The molecule has 0 saturated heterocycles. The number of aromatic carboxylic acids is 1. The van der Waals surface area contributed by atoms with Crippen molar-refractivity contribution in [3.63, 3.8) is 0 Å². The monoisotopic (exact) mass is 273 g/mol. The number of halogens is 1. The molecule has 0 aliphatic heterocycles. The van der Waals surface area contributed by atoms with Crippen LogP contribution >= 0.6 is 11.6 Å². The predicted molar refractivity (Wildman–Crippen MR) is 71.4 cm³/mol. The van der Waals surface area contributed by atoms with E-state index in [1.54, 1.807) is 30.3 Å². The zero-order chi connectivity index (χ0) is 13.4. The average molecular weight is 274 g/mol. The Bertz CT molecular complexity index is 766. The number of hydrogen-bond acceptors (Lipinski definition) is 3. The van der Waals surface area contributed by atoms with Crippen LogP contribution in [-0.4, -0.2) is 16.1 Å². The van der Waals surface area contributed by atoms with Gasteiger partial charge in [-0.25, -0.2) is 9.78 Å². The Hall–Kier alpha value is -2.33. The third-order valence-electron chi connectivity index (χ3n) is 2.77. The van der Waals surface area contributed by atoms with Crippen molar-refractivity contribution in [2.75, 3.05) is 0 Å². The van der Waals surface area contributed by atoms with Crippen molar-refractivity contribution in [1.82, 2.24) is 4.98 Å². The molecule has 94 valence electrons. The molecular weight excluding hydrogens is 266 g/mol. The number of nitrogens with zero attached hydrogens (tertiary/aromatic N) is 1. The first kappa shape index (κ1) is 11.7. The summed E-state index contributed by atoms with van der Waals surface area (Å²) in [5.41, 5.74) is 1.20. The lowest BCUT2D eigenvalue weighted by Gasteiger charge is -2.05. The summed E-state index contributed by atoms with van der Waals surface area (Å²) in [5, 5.41) is 10.3. The second kappa shape index (κ2) is 4.40.